The van der Waals surface area contributed by atoms with E-state index < -0.39 is 0 Å². The van der Waals surface area contributed by atoms with Gasteiger partial charge >= 0.3 is 6.09 Å². The van der Waals surface area contributed by atoms with Crippen LogP contribution in [0.2, 0.25) is 0 Å². The van der Waals surface area contributed by atoms with Crippen molar-refractivity contribution < 1.29 is 9.53 Å². The smallest absolute Gasteiger partial charge is 0.407 e. The summed E-state index contributed by atoms with van der Waals surface area (Å²) >= 11 is 3.29. The van der Waals surface area contributed by atoms with Crippen LogP contribution in [0.5, 0.6) is 0 Å². The van der Waals surface area contributed by atoms with E-state index in [4.69, 9.17) is 4.74 Å². The lowest BCUT2D eigenvalue weighted by Crippen LogP contribution is -2.25. The second kappa shape index (κ2) is 9.39. The molecule has 0 heterocycles. The molecule has 0 aromatic heterocycles. The van der Waals surface area contributed by atoms with Crippen LogP contribution in [-0.4, -0.2) is 25.0 Å². The van der Waals surface area contributed by atoms with Crippen LogP contribution < -0.4 is 5.32 Å². The number of hydrogen-bond donors (Lipinski definition) is 1. The minimum Gasteiger partial charge on any atom is -0.449 e. The van der Waals surface area contributed by atoms with Gasteiger partial charge in [0.2, 0.25) is 0 Å². The van der Waals surface area contributed by atoms with Gasteiger partial charge in [-0.2, -0.15) is 0 Å². The van der Waals surface area contributed by atoms with Crippen molar-refractivity contribution in [3.05, 3.63) is 10.7 Å². The van der Waals surface area contributed by atoms with Crippen LogP contribution >= 0.6 is 15.9 Å². The van der Waals surface area contributed by atoms with Crippen molar-refractivity contribution in [2.45, 2.75) is 33.6 Å². The fraction of sp³-hybridized carbons (Fsp3) is 0.636. The summed E-state index contributed by atoms with van der Waals surface area (Å²) in [4.78, 5) is 15.3. The maximum atomic E-state index is 11.1. The summed E-state index contributed by atoms with van der Waals surface area (Å²) in [6, 6.07) is 0. The SMILES string of the molecule is C/C=C(/Br)N=C(C)CCOC(=O)NCCC. The van der Waals surface area contributed by atoms with Gasteiger partial charge in [-0.3, -0.25) is 4.99 Å². The molecule has 0 aliphatic carbocycles. The average molecular weight is 291 g/mol. The summed E-state index contributed by atoms with van der Waals surface area (Å²) < 4.78 is 5.76. The third kappa shape index (κ3) is 8.47. The highest BCUT2D eigenvalue weighted by atomic mass is 79.9. The van der Waals surface area contributed by atoms with Crippen LogP contribution in [0.4, 0.5) is 4.79 Å². The fourth-order valence-electron chi connectivity index (χ4n) is 0.872. The Balaban J connectivity index is 3.73. The molecule has 0 aliphatic rings. The highest BCUT2D eigenvalue weighted by Crippen LogP contribution is 2.06. The second-order valence-corrected chi connectivity index (χ2v) is 4.08. The predicted molar refractivity (Wildman–Crippen MR) is 70.1 cm³/mol. The molecule has 0 radical (unpaired) electrons. The van der Waals surface area contributed by atoms with E-state index in [1.165, 1.54) is 0 Å². The number of nitrogens with zero attached hydrogens (tertiary/aromatic N) is 1. The number of alkyl carbamates (subject to hydrolysis) is 1. The van der Waals surface area contributed by atoms with Gasteiger partial charge in [0.25, 0.3) is 0 Å². The van der Waals surface area contributed by atoms with Crippen molar-refractivity contribution >= 4 is 27.7 Å². The highest BCUT2D eigenvalue weighted by molar-refractivity contribution is 9.11. The van der Waals surface area contributed by atoms with Crippen LogP contribution in [0.15, 0.2) is 15.7 Å². The zero-order chi connectivity index (χ0) is 12.4. The summed E-state index contributed by atoms with van der Waals surface area (Å²) in [6.45, 7) is 6.80. The minimum atomic E-state index is -0.361. The Morgan fingerprint density at radius 2 is 2.25 bits per heavy atom. The zero-order valence-corrected chi connectivity index (χ0v) is 11.6. The minimum absolute atomic E-state index is 0.356. The zero-order valence-electron chi connectivity index (χ0n) is 10.0. The van der Waals surface area contributed by atoms with E-state index in [9.17, 15) is 4.79 Å². The number of carbonyl (C=O) groups is 1. The first kappa shape index (κ1) is 15.2. The number of rotatable bonds is 6. The van der Waals surface area contributed by atoms with Gasteiger partial charge in [0.1, 0.15) is 4.61 Å². The van der Waals surface area contributed by atoms with Crippen molar-refractivity contribution in [1.82, 2.24) is 5.32 Å². The van der Waals surface area contributed by atoms with E-state index in [-0.39, 0.29) is 6.09 Å². The predicted octanol–water partition coefficient (Wildman–Crippen LogP) is 3.23. The van der Waals surface area contributed by atoms with Crippen LogP contribution in [0.25, 0.3) is 0 Å². The van der Waals surface area contributed by atoms with Gasteiger partial charge in [-0.25, -0.2) is 4.79 Å². The Morgan fingerprint density at radius 1 is 1.56 bits per heavy atom. The standard InChI is InChI=1S/C11H19BrN2O2/c1-4-7-13-11(15)16-8-6-9(3)14-10(12)5-2/h5H,4,6-8H2,1-3H3,(H,13,15)/b10-5-,14-9?. The summed E-state index contributed by atoms with van der Waals surface area (Å²) in [5, 5.41) is 2.64. The molecule has 0 fully saturated rings. The van der Waals surface area contributed by atoms with Gasteiger partial charge in [-0.15, -0.1) is 0 Å². The number of amides is 1. The quantitative estimate of drug-likeness (QED) is 0.603. The molecule has 16 heavy (non-hydrogen) atoms. The summed E-state index contributed by atoms with van der Waals surface area (Å²) in [5.41, 5.74) is 0.924. The van der Waals surface area contributed by atoms with E-state index in [2.05, 4.69) is 26.2 Å². The summed E-state index contributed by atoms with van der Waals surface area (Å²) in [6.07, 6.45) is 3.05. The molecule has 0 aromatic carbocycles. The lowest BCUT2D eigenvalue weighted by molar-refractivity contribution is 0.149. The lowest BCUT2D eigenvalue weighted by atomic mass is 10.3. The van der Waals surface area contributed by atoms with E-state index in [0.717, 1.165) is 16.7 Å². The topological polar surface area (TPSA) is 50.7 Å². The van der Waals surface area contributed by atoms with Crippen molar-refractivity contribution in [2.24, 2.45) is 4.99 Å². The number of halogens is 1. The molecule has 0 atom stereocenters. The molecule has 0 spiro atoms. The molecule has 1 N–H and O–H groups in total. The Hall–Kier alpha value is -0.840. The number of hydrogen-bond acceptors (Lipinski definition) is 3. The molecule has 1 amide bonds. The van der Waals surface area contributed by atoms with Gasteiger partial charge in [0.15, 0.2) is 0 Å². The first-order valence-corrected chi connectivity index (χ1v) is 6.16. The molecule has 0 saturated heterocycles. The lowest BCUT2D eigenvalue weighted by Gasteiger charge is -2.05. The second-order valence-electron chi connectivity index (χ2n) is 3.27. The van der Waals surface area contributed by atoms with E-state index in [0.29, 0.717) is 19.6 Å². The molecule has 4 nitrogen and oxygen atoms in total. The fourth-order valence-corrected chi connectivity index (χ4v) is 1.18. The van der Waals surface area contributed by atoms with Crippen LogP contribution in [0, 0.1) is 0 Å². The highest BCUT2D eigenvalue weighted by Gasteiger charge is 2.00. The third-order valence-corrected chi connectivity index (χ3v) is 2.39. The van der Waals surface area contributed by atoms with Crippen LogP contribution in [-0.2, 0) is 4.74 Å². The molecule has 0 saturated carbocycles. The Labute approximate surface area is 105 Å². The monoisotopic (exact) mass is 290 g/mol. The third-order valence-electron chi connectivity index (χ3n) is 1.75. The first-order chi connectivity index (χ1) is 7.60. The summed E-state index contributed by atoms with van der Waals surface area (Å²) in [5.74, 6) is 0. The first-order valence-electron chi connectivity index (χ1n) is 5.36. The molecule has 0 unspecified atom stereocenters. The normalized spacial score (nSPS) is 12.5. The molecule has 5 heteroatoms. The number of carbonyl (C=O) groups excluding carboxylic acids is 1. The Kier molecular flexibility index (Phi) is 8.90. The molecule has 0 rings (SSSR count). The van der Waals surface area contributed by atoms with E-state index in [1.807, 2.05) is 26.8 Å². The Morgan fingerprint density at radius 3 is 2.81 bits per heavy atom. The molecule has 0 bridgehead atoms. The van der Waals surface area contributed by atoms with Gasteiger partial charge < -0.3 is 10.1 Å². The Bertz CT molecular complexity index is 275. The van der Waals surface area contributed by atoms with Crippen molar-refractivity contribution in [3.8, 4) is 0 Å². The van der Waals surface area contributed by atoms with Gasteiger partial charge in [0.05, 0.1) is 6.61 Å². The van der Waals surface area contributed by atoms with Crippen molar-refractivity contribution in [1.29, 1.82) is 0 Å². The van der Waals surface area contributed by atoms with Crippen LogP contribution in [0.1, 0.15) is 33.6 Å². The number of nitrogens with one attached hydrogen (secondary N) is 1. The van der Waals surface area contributed by atoms with Gasteiger partial charge in [0, 0.05) is 18.7 Å². The molecule has 92 valence electrons. The maximum Gasteiger partial charge on any atom is 0.407 e. The van der Waals surface area contributed by atoms with Gasteiger partial charge in [-0.1, -0.05) is 13.0 Å². The van der Waals surface area contributed by atoms with Crippen molar-refractivity contribution in [3.63, 3.8) is 0 Å². The maximum absolute atomic E-state index is 11.1. The largest absolute Gasteiger partial charge is 0.449 e. The molecular weight excluding hydrogens is 272 g/mol. The van der Waals surface area contributed by atoms with Crippen LogP contribution in [0.3, 0.4) is 0 Å². The number of allylic oxidation sites excluding steroid dienone is 1. The van der Waals surface area contributed by atoms with E-state index >= 15 is 0 Å². The average Bonchev–Trinajstić information content (AvgIpc) is 2.26. The number of ether oxygens (including phenoxy) is 1. The van der Waals surface area contributed by atoms with Gasteiger partial charge in [-0.05, 0) is 36.2 Å². The number of aliphatic imine (C=N–C) groups is 1. The van der Waals surface area contributed by atoms with Crippen molar-refractivity contribution in [2.75, 3.05) is 13.2 Å². The molecule has 0 aliphatic heterocycles. The summed E-state index contributed by atoms with van der Waals surface area (Å²) in [7, 11) is 0. The molecule has 0 aromatic rings. The van der Waals surface area contributed by atoms with E-state index in [1.54, 1.807) is 0 Å². The molecular formula is C11H19BrN2O2.